The van der Waals surface area contributed by atoms with Crippen LogP contribution in [0, 0.1) is 19.8 Å². The lowest BCUT2D eigenvalue weighted by atomic mass is 10.1. The Balaban J connectivity index is 2.18. The van der Waals surface area contributed by atoms with Crippen LogP contribution >= 0.6 is 0 Å². The fourth-order valence-electron chi connectivity index (χ4n) is 2.49. The second kappa shape index (κ2) is 4.43. The number of hydrogen-bond acceptors (Lipinski definition) is 4. The Kier molecular flexibility index (Phi) is 2.84. The van der Waals surface area contributed by atoms with Crippen LogP contribution in [0.3, 0.4) is 0 Å². The maximum absolute atomic E-state index is 11.4. The zero-order valence-corrected chi connectivity index (χ0v) is 11.8. The van der Waals surface area contributed by atoms with E-state index in [-0.39, 0.29) is 5.69 Å². The van der Waals surface area contributed by atoms with Crippen LogP contribution in [-0.2, 0) is 13.6 Å². The number of carboxylic acid groups (broad SMARTS) is 1. The fraction of sp³-hybridized carbons (Fsp3) is 0.538. The van der Waals surface area contributed by atoms with Gasteiger partial charge in [0.2, 0.25) is 0 Å². The molecule has 20 heavy (non-hydrogen) atoms. The molecule has 3 rings (SSSR count). The Morgan fingerprint density at radius 1 is 1.40 bits per heavy atom. The van der Waals surface area contributed by atoms with Crippen molar-refractivity contribution in [2.45, 2.75) is 33.2 Å². The number of hydrogen-bond donors (Lipinski definition) is 1. The first-order valence-corrected chi connectivity index (χ1v) is 6.66. The molecule has 2 aromatic heterocycles. The standard InChI is InChI=1S/C13H17N5O2/c1-7-10(8(2)17(3)15-7)12-11(13(19)20)14-16-18(12)6-9-4-5-9/h9H,4-6H2,1-3H3,(H,19,20). The molecule has 2 heterocycles. The summed E-state index contributed by atoms with van der Waals surface area (Å²) in [5.74, 6) is -0.459. The monoisotopic (exact) mass is 275 g/mol. The molecule has 7 nitrogen and oxygen atoms in total. The third-order valence-electron chi connectivity index (χ3n) is 3.81. The van der Waals surface area contributed by atoms with E-state index in [1.807, 2.05) is 20.9 Å². The number of aryl methyl sites for hydroxylation is 2. The smallest absolute Gasteiger partial charge is 0.358 e. The fourth-order valence-corrected chi connectivity index (χ4v) is 2.49. The SMILES string of the molecule is Cc1nn(C)c(C)c1-c1c(C(=O)O)nnn1CC1CC1. The molecule has 106 valence electrons. The third kappa shape index (κ3) is 1.99. The Labute approximate surface area is 116 Å². The molecule has 1 aliphatic carbocycles. The summed E-state index contributed by atoms with van der Waals surface area (Å²) in [5, 5.41) is 21.6. The first-order chi connectivity index (χ1) is 9.49. The van der Waals surface area contributed by atoms with Crippen LogP contribution in [0.1, 0.15) is 34.7 Å². The van der Waals surface area contributed by atoms with Crippen molar-refractivity contribution in [3.05, 3.63) is 17.1 Å². The summed E-state index contributed by atoms with van der Waals surface area (Å²) in [7, 11) is 1.85. The first kappa shape index (κ1) is 12.8. The lowest BCUT2D eigenvalue weighted by molar-refractivity contribution is 0.0691. The van der Waals surface area contributed by atoms with E-state index in [1.165, 1.54) is 12.8 Å². The molecule has 0 radical (unpaired) electrons. The molecule has 0 unspecified atom stereocenters. The molecule has 1 aliphatic rings. The van der Waals surface area contributed by atoms with E-state index < -0.39 is 5.97 Å². The van der Waals surface area contributed by atoms with Crippen LogP contribution in [-0.4, -0.2) is 35.9 Å². The van der Waals surface area contributed by atoms with Crippen molar-refractivity contribution < 1.29 is 9.90 Å². The zero-order chi connectivity index (χ0) is 14.4. The molecule has 1 fully saturated rings. The number of carbonyl (C=O) groups is 1. The summed E-state index contributed by atoms with van der Waals surface area (Å²) in [4.78, 5) is 11.4. The van der Waals surface area contributed by atoms with E-state index in [2.05, 4.69) is 15.4 Å². The van der Waals surface area contributed by atoms with Gasteiger partial charge in [-0.2, -0.15) is 5.10 Å². The van der Waals surface area contributed by atoms with E-state index in [1.54, 1.807) is 9.36 Å². The third-order valence-corrected chi connectivity index (χ3v) is 3.81. The quantitative estimate of drug-likeness (QED) is 0.911. The van der Waals surface area contributed by atoms with Gasteiger partial charge in [-0.05, 0) is 32.6 Å². The van der Waals surface area contributed by atoms with Gasteiger partial charge in [0.1, 0.15) is 5.69 Å². The molecule has 1 saturated carbocycles. The van der Waals surface area contributed by atoms with E-state index in [4.69, 9.17) is 0 Å². The summed E-state index contributed by atoms with van der Waals surface area (Å²) in [6.07, 6.45) is 2.35. The van der Waals surface area contributed by atoms with Crippen molar-refractivity contribution >= 4 is 5.97 Å². The van der Waals surface area contributed by atoms with Crippen LogP contribution in [0.4, 0.5) is 0 Å². The lowest BCUT2D eigenvalue weighted by Gasteiger charge is -2.07. The van der Waals surface area contributed by atoms with Gasteiger partial charge in [0, 0.05) is 24.8 Å². The van der Waals surface area contributed by atoms with Gasteiger partial charge in [0.05, 0.1) is 5.69 Å². The maximum Gasteiger partial charge on any atom is 0.358 e. The first-order valence-electron chi connectivity index (χ1n) is 6.66. The van der Waals surface area contributed by atoms with Crippen LogP contribution in [0.5, 0.6) is 0 Å². The predicted octanol–water partition coefficient (Wildman–Crippen LogP) is 1.40. The summed E-state index contributed by atoms with van der Waals surface area (Å²) < 4.78 is 3.48. The number of aromatic carboxylic acids is 1. The van der Waals surface area contributed by atoms with Gasteiger partial charge in [-0.25, -0.2) is 9.48 Å². The molecular weight excluding hydrogens is 258 g/mol. The van der Waals surface area contributed by atoms with Gasteiger partial charge in [-0.15, -0.1) is 5.10 Å². The van der Waals surface area contributed by atoms with Crippen molar-refractivity contribution in [1.82, 2.24) is 24.8 Å². The number of aromatic nitrogens is 5. The van der Waals surface area contributed by atoms with Crippen LogP contribution in [0.2, 0.25) is 0 Å². The van der Waals surface area contributed by atoms with Crippen LogP contribution in [0.15, 0.2) is 0 Å². The van der Waals surface area contributed by atoms with Crippen LogP contribution < -0.4 is 0 Å². The summed E-state index contributed by atoms with van der Waals surface area (Å²) in [6.45, 7) is 4.53. The molecule has 0 spiro atoms. The largest absolute Gasteiger partial charge is 0.476 e. The van der Waals surface area contributed by atoms with Crippen LogP contribution in [0.25, 0.3) is 11.3 Å². The lowest BCUT2D eigenvalue weighted by Crippen LogP contribution is -2.07. The van der Waals surface area contributed by atoms with Crippen molar-refractivity contribution in [3.8, 4) is 11.3 Å². The molecule has 0 bridgehead atoms. The van der Waals surface area contributed by atoms with Gasteiger partial charge in [0.15, 0.2) is 5.69 Å². The minimum Gasteiger partial charge on any atom is -0.476 e. The Hall–Kier alpha value is -2.18. The molecule has 0 saturated heterocycles. The normalized spacial score (nSPS) is 14.8. The van der Waals surface area contributed by atoms with Gasteiger partial charge in [0.25, 0.3) is 0 Å². The Morgan fingerprint density at radius 2 is 2.10 bits per heavy atom. The molecule has 1 N–H and O–H groups in total. The topological polar surface area (TPSA) is 85.8 Å². The molecule has 2 aromatic rings. The molecule has 0 aliphatic heterocycles. The van der Waals surface area contributed by atoms with Crippen molar-refractivity contribution in [1.29, 1.82) is 0 Å². The van der Waals surface area contributed by atoms with Gasteiger partial charge < -0.3 is 5.11 Å². The Morgan fingerprint density at radius 3 is 2.60 bits per heavy atom. The van der Waals surface area contributed by atoms with E-state index in [0.717, 1.165) is 23.5 Å². The minimum atomic E-state index is -1.05. The van der Waals surface area contributed by atoms with Crippen molar-refractivity contribution in [2.75, 3.05) is 0 Å². The van der Waals surface area contributed by atoms with E-state index in [0.29, 0.717) is 11.6 Å². The number of carboxylic acids is 1. The molecule has 0 aromatic carbocycles. The number of nitrogens with zero attached hydrogens (tertiary/aromatic N) is 5. The average Bonchev–Trinajstić information content (AvgIpc) is 3.03. The van der Waals surface area contributed by atoms with E-state index in [9.17, 15) is 9.90 Å². The van der Waals surface area contributed by atoms with Gasteiger partial charge >= 0.3 is 5.97 Å². The minimum absolute atomic E-state index is 0.00449. The zero-order valence-electron chi connectivity index (χ0n) is 11.8. The summed E-state index contributed by atoms with van der Waals surface area (Å²) >= 11 is 0. The highest BCUT2D eigenvalue weighted by Gasteiger charge is 2.29. The predicted molar refractivity (Wildman–Crippen MR) is 71.4 cm³/mol. The highest BCUT2D eigenvalue weighted by Crippen LogP contribution is 2.34. The van der Waals surface area contributed by atoms with Crippen molar-refractivity contribution in [2.24, 2.45) is 13.0 Å². The molecular formula is C13H17N5O2. The second-order valence-electron chi connectivity index (χ2n) is 5.39. The van der Waals surface area contributed by atoms with Crippen molar-refractivity contribution in [3.63, 3.8) is 0 Å². The molecule has 7 heteroatoms. The number of rotatable bonds is 4. The van der Waals surface area contributed by atoms with Gasteiger partial charge in [-0.1, -0.05) is 5.21 Å². The second-order valence-corrected chi connectivity index (χ2v) is 5.39. The highest BCUT2D eigenvalue weighted by atomic mass is 16.4. The summed E-state index contributed by atoms with van der Waals surface area (Å²) in [6, 6.07) is 0. The summed E-state index contributed by atoms with van der Waals surface area (Å²) in [5.41, 5.74) is 3.13. The maximum atomic E-state index is 11.4. The molecule has 0 atom stereocenters. The Bertz CT molecular complexity index is 681. The van der Waals surface area contributed by atoms with Gasteiger partial charge in [-0.3, -0.25) is 4.68 Å². The highest BCUT2D eigenvalue weighted by molar-refractivity contribution is 5.93. The average molecular weight is 275 g/mol. The molecule has 0 amide bonds. The van der Waals surface area contributed by atoms with E-state index >= 15 is 0 Å².